The van der Waals surface area contributed by atoms with Crippen LogP contribution in [0.15, 0.2) is 0 Å². The van der Waals surface area contributed by atoms with E-state index in [0.29, 0.717) is 6.42 Å². The van der Waals surface area contributed by atoms with Crippen molar-refractivity contribution < 1.29 is 27.3 Å². The molecule has 0 aliphatic rings. The third kappa shape index (κ3) is 6.38. The highest BCUT2D eigenvalue weighted by molar-refractivity contribution is 7.85. The molecule has 17 heavy (non-hydrogen) atoms. The predicted molar refractivity (Wildman–Crippen MR) is 61.0 cm³/mol. The summed E-state index contributed by atoms with van der Waals surface area (Å²) in [6.45, 7) is 3.52. The molecular formula is C10H18O6S. The third-order valence-electron chi connectivity index (χ3n) is 2.56. The van der Waals surface area contributed by atoms with Crippen LogP contribution < -0.4 is 0 Å². The van der Waals surface area contributed by atoms with E-state index in [-0.39, 0.29) is 18.1 Å². The number of carbonyl (C=O) groups excluding carboxylic acids is 2. The number of hydrogen-bond acceptors (Lipinski definition) is 5. The molecule has 0 aromatic heterocycles. The van der Waals surface area contributed by atoms with Crippen molar-refractivity contribution in [2.75, 3.05) is 12.9 Å². The summed E-state index contributed by atoms with van der Waals surface area (Å²) in [5.41, 5.74) is 0. The Labute approximate surface area is 101 Å². The molecule has 0 saturated heterocycles. The smallest absolute Gasteiger partial charge is 0.310 e. The van der Waals surface area contributed by atoms with Crippen molar-refractivity contribution in [2.45, 2.75) is 26.7 Å². The van der Waals surface area contributed by atoms with E-state index in [1.54, 1.807) is 6.92 Å². The minimum atomic E-state index is -4.31. The second-order valence-electron chi connectivity index (χ2n) is 3.95. The molecule has 0 rings (SSSR count). The summed E-state index contributed by atoms with van der Waals surface area (Å²) in [6, 6.07) is 0. The first kappa shape index (κ1) is 16.1. The largest absolute Gasteiger partial charge is 0.469 e. The molecule has 0 heterocycles. The van der Waals surface area contributed by atoms with E-state index in [2.05, 4.69) is 4.74 Å². The van der Waals surface area contributed by atoms with Gasteiger partial charge in [-0.2, -0.15) is 8.42 Å². The normalized spacial score (nSPS) is 15.1. The highest BCUT2D eigenvalue weighted by atomic mass is 32.2. The predicted octanol–water partition coefficient (Wildman–Crippen LogP) is 0.669. The van der Waals surface area contributed by atoms with Crippen molar-refractivity contribution in [3.05, 3.63) is 0 Å². The Kier molecular flexibility index (Phi) is 6.33. The van der Waals surface area contributed by atoms with Crippen LogP contribution in [0.3, 0.4) is 0 Å². The fraction of sp³-hybridized carbons (Fsp3) is 0.800. The molecule has 0 bridgehead atoms. The van der Waals surface area contributed by atoms with Gasteiger partial charge < -0.3 is 4.74 Å². The first-order chi connectivity index (χ1) is 7.71. The van der Waals surface area contributed by atoms with Crippen molar-refractivity contribution >= 4 is 21.9 Å². The van der Waals surface area contributed by atoms with Gasteiger partial charge in [0.25, 0.3) is 10.1 Å². The lowest BCUT2D eigenvalue weighted by molar-refractivity contribution is -0.146. The first-order valence-electron chi connectivity index (χ1n) is 5.27. The van der Waals surface area contributed by atoms with Gasteiger partial charge in [0.15, 0.2) is 0 Å². The standard InChI is InChI=1S/C10H18O6S/c1-4-7(2)9(11)5-8(10(12)16-3)6-17(13,14)15/h7-8H,4-6H2,1-3H3,(H,13,14,15)/t7-,8-/m1/s1. The molecule has 0 aliphatic carbocycles. The zero-order valence-electron chi connectivity index (χ0n) is 10.2. The molecule has 0 amide bonds. The van der Waals surface area contributed by atoms with E-state index >= 15 is 0 Å². The summed E-state index contributed by atoms with van der Waals surface area (Å²) in [5.74, 6) is -3.20. The molecule has 0 aliphatic heterocycles. The lowest BCUT2D eigenvalue weighted by atomic mass is 9.95. The summed E-state index contributed by atoms with van der Waals surface area (Å²) in [7, 11) is -3.21. The molecule has 0 fully saturated rings. The number of hydrogen-bond donors (Lipinski definition) is 1. The van der Waals surface area contributed by atoms with E-state index in [9.17, 15) is 18.0 Å². The van der Waals surface area contributed by atoms with Crippen LogP contribution in [0, 0.1) is 11.8 Å². The maximum Gasteiger partial charge on any atom is 0.310 e. The Hall–Kier alpha value is -0.950. The lowest BCUT2D eigenvalue weighted by Gasteiger charge is -2.14. The molecule has 2 atom stereocenters. The van der Waals surface area contributed by atoms with E-state index in [0.717, 1.165) is 7.11 Å². The van der Waals surface area contributed by atoms with Crippen LogP contribution in [-0.2, 0) is 24.4 Å². The van der Waals surface area contributed by atoms with Gasteiger partial charge in [-0.25, -0.2) is 0 Å². The highest BCUT2D eigenvalue weighted by Gasteiger charge is 2.28. The summed E-state index contributed by atoms with van der Waals surface area (Å²) in [6.07, 6.45) is 0.375. The Morgan fingerprint density at radius 1 is 1.35 bits per heavy atom. The van der Waals surface area contributed by atoms with Gasteiger partial charge in [0.1, 0.15) is 5.78 Å². The Morgan fingerprint density at radius 2 is 1.88 bits per heavy atom. The van der Waals surface area contributed by atoms with Gasteiger partial charge in [-0.1, -0.05) is 13.8 Å². The van der Waals surface area contributed by atoms with E-state index in [4.69, 9.17) is 4.55 Å². The molecule has 0 radical (unpaired) electrons. The molecule has 0 spiro atoms. The van der Waals surface area contributed by atoms with Crippen LogP contribution >= 0.6 is 0 Å². The quantitative estimate of drug-likeness (QED) is 0.537. The molecule has 0 unspecified atom stereocenters. The SMILES string of the molecule is CC[C@@H](C)C(=O)C[C@H](CS(=O)(=O)O)C(=O)OC. The summed E-state index contributed by atoms with van der Waals surface area (Å²) < 4.78 is 34.5. The van der Waals surface area contributed by atoms with Gasteiger partial charge >= 0.3 is 5.97 Å². The molecule has 0 aromatic carbocycles. The number of methoxy groups -OCH3 is 1. The molecular weight excluding hydrogens is 248 g/mol. The van der Waals surface area contributed by atoms with E-state index < -0.39 is 27.8 Å². The maximum atomic E-state index is 11.6. The fourth-order valence-electron chi connectivity index (χ4n) is 1.30. The molecule has 0 aromatic rings. The van der Waals surface area contributed by atoms with Crippen LogP contribution in [0.5, 0.6) is 0 Å². The van der Waals surface area contributed by atoms with Gasteiger partial charge in [0.05, 0.1) is 18.8 Å². The second kappa shape index (κ2) is 6.70. The van der Waals surface area contributed by atoms with Gasteiger partial charge in [-0.05, 0) is 6.42 Å². The number of rotatable bonds is 7. The van der Waals surface area contributed by atoms with Crippen molar-refractivity contribution in [3.63, 3.8) is 0 Å². The Morgan fingerprint density at radius 3 is 2.24 bits per heavy atom. The zero-order valence-corrected chi connectivity index (χ0v) is 11.0. The number of carbonyl (C=O) groups is 2. The highest BCUT2D eigenvalue weighted by Crippen LogP contribution is 2.14. The van der Waals surface area contributed by atoms with Crippen molar-refractivity contribution in [2.24, 2.45) is 11.8 Å². The van der Waals surface area contributed by atoms with Crippen LogP contribution in [0.2, 0.25) is 0 Å². The van der Waals surface area contributed by atoms with E-state index in [1.165, 1.54) is 0 Å². The Bertz CT molecular complexity index is 372. The molecule has 1 N–H and O–H groups in total. The maximum absolute atomic E-state index is 11.6. The average Bonchev–Trinajstić information content (AvgIpc) is 2.23. The van der Waals surface area contributed by atoms with Crippen LogP contribution in [0.25, 0.3) is 0 Å². The molecule has 100 valence electrons. The second-order valence-corrected chi connectivity index (χ2v) is 5.45. The van der Waals surface area contributed by atoms with E-state index in [1.807, 2.05) is 6.92 Å². The zero-order chi connectivity index (χ0) is 13.6. The number of Topliss-reactive ketones (excluding diaryl/α,β-unsaturated/α-hetero) is 1. The minimum Gasteiger partial charge on any atom is -0.469 e. The van der Waals surface area contributed by atoms with Crippen molar-refractivity contribution in [3.8, 4) is 0 Å². The minimum absolute atomic E-state index is 0.216. The molecule has 7 heteroatoms. The van der Waals surface area contributed by atoms with Gasteiger partial charge in [-0.3, -0.25) is 14.1 Å². The number of ether oxygens (including phenoxy) is 1. The third-order valence-corrected chi connectivity index (χ3v) is 3.38. The fourth-order valence-corrected chi connectivity index (χ4v) is 2.07. The van der Waals surface area contributed by atoms with Gasteiger partial charge in [0.2, 0.25) is 0 Å². The monoisotopic (exact) mass is 266 g/mol. The van der Waals surface area contributed by atoms with Crippen molar-refractivity contribution in [1.29, 1.82) is 0 Å². The number of esters is 1. The average molecular weight is 266 g/mol. The van der Waals surface area contributed by atoms with Crippen LogP contribution in [0.4, 0.5) is 0 Å². The summed E-state index contributed by atoms with van der Waals surface area (Å²) >= 11 is 0. The van der Waals surface area contributed by atoms with Crippen molar-refractivity contribution in [1.82, 2.24) is 0 Å². The number of ketones is 1. The topological polar surface area (TPSA) is 97.7 Å². The molecule has 6 nitrogen and oxygen atoms in total. The van der Waals surface area contributed by atoms with Crippen LogP contribution in [-0.4, -0.2) is 37.6 Å². The molecule has 0 saturated carbocycles. The first-order valence-corrected chi connectivity index (χ1v) is 6.87. The van der Waals surface area contributed by atoms with Gasteiger partial charge in [-0.15, -0.1) is 0 Å². The Balaban J connectivity index is 4.72. The summed E-state index contributed by atoms with van der Waals surface area (Å²) in [4.78, 5) is 22.9. The lowest BCUT2D eigenvalue weighted by Crippen LogP contribution is -2.28. The van der Waals surface area contributed by atoms with Gasteiger partial charge in [0, 0.05) is 12.3 Å². The van der Waals surface area contributed by atoms with Crippen LogP contribution in [0.1, 0.15) is 26.7 Å². The summed E-state index contributed by atoms with van der Waals surface area (Å²) in [5, 5.41) is 0.